The summed E-state index contributed by atoms with van der Waals surface area (Å²) in [6.45, 7) is 3.56. The van der Waals surface area contributed by atoms with Crippen molar-refractivity contribution in [1.82, 2.24) is 9.80 Å². The molecule has 1 aliphatic heterocycles. The van der Waals surface area contributed by atoms with Gasteiger partial charge in [0.2, 0.25) is 0 Å². The molecule has 1 saturated heterocycles. The number of rotatable bonds is 4. The number of carbonyl (C=O) groups excluding carboxylic acids is 1. The maximum absolute atomic E-state index is 13.8. The molecule has 0 aliphatic carbocycles. The highest BCUT2D eigenvalue weighted by molar-refractivity contribution is 5.98. The molecule has 0 radical (unpaired) electrons. The van der Waals surface area contributed by atoms with Crippen LogP contribution in [0.4, 0.5) is 4.39 Å². The third-order valence-electron chi connectivity index (χ3n) is 3.53. The zero-order valence-corrected chi connectivity index (χ0v) is 11.7. The summed E-state index contributed by atoms with van der Waals surface area (Å²) in [5.41, 5.74) is -0.0430. The van der Waals surface area contributed by atoms with E-state index in [0.29, 0.717) is 0 Å². The lowest BCUT2D eigenvalue weighted by Crippen LogP contribution is -2.46. The molecule has 1 aromatic carbocycles. The summed E-state index contributed by atoms with van der Waals surface area (Å²) in [4.78, 5) is 16.3. The number of likely N-dealkylation sites (N-methyl/N-ethyl adjacent to an activating group) is 1. The Morgan fingerprint density at radius 1 is 1.35 bits per heavy atom. The van der Waals surface area contributed by atoms with E-state index in [1.54, 1.807) is 0 Å². The molecular formula is C14H19FN2O3. The molecular weight excluding hydrogens is 263 g/mol. The predicted octanol–water partition coefficient (Wildman–Crippen LogP) is 0.970. The SMILES string of the molecule is COc1cc(C(=O)CN2CCN(C)CC2)c(F)cc1O. The third-order valence-corrected chi connectivity index (χ3v) is 3.53. The second-order valence-electron chi connectivity index (χ2n) is 5.01. The van der Waals surface area contributed by atoms with Gasteiger partial charge in [-0.3, -0.25) is 9.69 Å². The van der Waals surface area contributed by atoms with Crippen LogP contribution in [0, 0.1) is 5.82 Å². The second-order valence-corrected chi connectivity index (χ2v) is 5.01. The van der Waals surface area contributed by atoms with E-state index < -0.39 is 5.82 Å². The Labute approximate surface area is 117 Å². The summed E-state index contributed by atoms with van der Waals surface area (Å²) < 4.78 is 18.7. The molecule has 0 aromatic heterocycles. The van der Waals surface area contributed by atoms with Crippen LogP contribution in [0.15, 0.2) is 12.1 Å². The van der Waals surface area contributed by atoms with Gasteiger partial charge in [-0.1, -0.05) is 0 Å². The zero-order chi connectivity index (χ0) is 14.7. The fraction of sp³-hybridized carbons (Fsp3) is 0.500. The van der Waals surface area contributed by atoms with E-state index in [9.17, 15) is 14.3 Å². The number of phenolic OH excluding ortho intramolecular Hbond substituents is 1. The minimum atomic E-state index is -0.720. The number of Topliss-reactive ketones (excluding diaryl/α,β-unsaturated/α-hetero) is 1. The normalized spacial score (nSPS) is 17.1. The minimum Gasteiger partial charge on any atom is -0.504 e. The Morgan fingerprint density at radius 2 is 2.00 bits per heavy atom. The Kier molecular flexibility index (Phi) is 4.57. The highest BCUT2D eigenvalue weighted by Crippen LogP contribution is 2.29. The molecule has 0 bridgehead atoms. The number of aromatic hydroxyl groups is 1. The standard InChI is InChI=1S/C14H19FN2O3/c1-16-3-5-17(6-4-16)9-13(19)10-7-14(20-2)12(18)8-11(10)15/h7-8,18H,3-6,9H2,1-2H3. The first-order valence-corrected chi connectivity index (χ1v) is 6.52. The van der Waals surface area contributed by atoms with Gasteiger partial charge in [-0.05, 0) is 13.1 Å². The molecule has 1 N–H and O–H groups in total. The topological polar surface area (TPSA) is 53.0 Å². The molecule has 5 nitrogen and oxygen atoms in total. The van der Waals surface area contributed by atoms with Gasteiger partial charge in [-0.25, -0.2) is 4.39 Å². The lowest BCUT2D eigenvalue weighted by Gasteiger charge is -2.31. The van der Waals surface area contributed by atoms with Gasteiger partial charge in [0.1, 0.15) is 5.82 Å². The van der Waals surface area contributed by atoms with Gasteiger partial charge >= 0.3 is 0 Å². The molecule has 0 saturated carbocycles. The van der Waals surface area contributed by atoms with E-state index in [0.717, 1.165) is 32.2 Å². The lowest BCUT2D eigenvalue weighted by molar-refractivity contribution is 0.0872. The number of ether oxygens (including phenoxy) is 1. The van der Waals surface area contributed by atoms with Crippen LogP contribution in [0.25, 0.3) is 0 Å². The molecule has 110 valence electrons. The Hall–Kier alpha value is -1.66. The number of benzene rings is 1. The monoisotopic (exact) mass is 282 g/mol. The van der Waals surface area contributed by atoms with Crippen molar-refractivity contribution in [2.75, 3.05) is 46.9 Å². The first-order valence-electron chi connectivity index (χ1n) is 6.52. The Bertz CT molecular complexity index is 499. The average molecular weight is 282 g/mol. The van der Waals surface area contributed by atoms with Crippen LogP contribution in [0.2, 0.25) is 0 Å². The fourth-order valence-corrected chi connectivity index (χ4v) is 2.21. The molecule has 1 heterocycles. The van der Waals surface area contributed by atoms with Gasteiger partial charge in [-0.2, -0.15) is 0 Å². The number of hydrogen-bond donors (Lipinski definition) is 1. The molecule has 6 heteroatoms. The van der Waals surface area contributed by atoms with Gasteiger partial charge in [0, 0.05) is 32.2 Å². The predicted molar refractivity (Wildman–Crippen MR) is 72.9 cm³/mol. The summed E-state index contributed by atoms with van der Waals surface area (Å²) in [7, 11) is 3.39. The van der Waals surface area contributed by atoms with Crippen LogP contribution in [0.5, 0.6) is 11.5 Å². The molecule has 1 aliphatic rings. The molecule has 0 spiro atoms. The number of nitrogens with zero attached hydrogens (tertiary/aromatic N) is 2. The van der Waals surface area contributed by atoms with Crippen molar-refractivity contribution < 1.29 is 19.0 Å². The van der Waals surface area contributed by atoms with E-state index >= 15 is 0 Å². The van der Waals surface area contributed by atoms with Crippen LogP contribution in [-0.4, -0.2) is 67.6 Å². The number of piperazine rings is 1. The highest BCUT2D eigenvalue weighted by atomic mass is 19.1. The highest BCUT2D eigenvalue weighted by Gasteiger charge is 2.21. The van der Waals surface area contributed by atoms with Crippen LogP contribution >= 0.6 is 0 Å². The zero-order valence-electron chi connectivity index (χ0n) is 11.7. The van der Waals surface area contributed by atoms with Gasteiger partial charge in [-0.15, -0.1) is 0 Å². The fourth-order valence-electron chi connectivity index (χ4n) is 2.21. The number of ketones is 1. The van der Waals surface area contributed by atoms with Crippen LogP contribution in [-0.2, 0) is 0 Å². The summed E-state index contributed by atoms with van der Waals surface area (Å²) in [5, 5.41) is 9.46. The van der Waals surface area contributed by atoms with E-state index in [4.69, 9.17) is 4.74 Å². The van der Waals surface area contributed by atoms with Crippen molar-refractivity contribution in [1.29, 1.82) is 0 Å². The van der Waals surface area contributed by atoms with Gasteiger partial charge in [0.05, 0.1) is 19.2 Å². The molecule has 0 unspecified atom stereocenters. The van der Waals surface area contributed by atoms with Crippen LogP contribution in [0.3, 0.4) is 0 Å². The molecule has 2 rings (SSSR count). The van der Waals surface area contributed by atoms with Crippen molar-refractivity contribution in [3.8, 4) is 11.5 Å². The smallest absolute Gasteiger partial charge is 0.179 e. The van der Waals surface area contributed by atoms with E-state index in [1.807, 2.05) is 11.9 Å². The largest absolute Gasteiger partial charge is 0.504 e. The van der Waals surface area contributed by atoms with Crippen molar-refractivity contribution in [2.45, 2.75) is 0 Å². The summed E-state index contributed by atoms with van der Waals surface area (Å²) in [6.07, 6.45) is 0. The first kappa shape index (κ1) is 14.7. The van der Waals surface area contributed by atoms with Crippen molar-refractivity contribution in [3.05, 3.63) is 23.5 Å². The van der Waals surface area contributed by atoms with Crippen LogP contribution in [0.1, 0.15) is 10.4 Å². The third kappa shape index (κ3) is 3.26. The van der Waals surface area contributed by atoms with E-state index in [1.165, 1.54) is 13.2 Å². The maximum Gasteiger partial charge on any atom is 0.179 e. The maximum atomic E-state index is 13.8. The molecule has 20 heavy (non-hydrogen) atoms. The first-order chi connectivity index (χ1) is 9.51. The van der Waals surface area contributed by atoms with Gasteiger partial charge in [0.15, 0.2) is 17.3 Å². The van der Waals surface area contributed by atoms with Gasteiger partial charge < -0.3 is 14.7 Å². The quantitative estimate of drug-likeness (QED) is 0.834. The van der Waals surface area contributed by atoms with Crippen molar-refractivity contribution in [3.63, 3.8) is 0 Å². The second kappa shape index (κ2) is 6.19. The van der Waals surface area contributed by atoms with Crippen molar-refractivity contribution >= 4 is 5.78 Å². The number of carbonyl (C=O) groups is 1. The summed E-state index contributed by atoms with van der Waals surface area (Å²) in [6, 6.07) is 2.17. The summed E-state index contributed by atoms with van der Waals surface area (Å²) in [5.74, 6) is -1.22. The number of hydrogen-bond acceptors (Lipinski definition) is 5. The Balaban J connectivity index is 2.09. The number of halogens is 1. The number of methoxy groups -OCH3 is 1. The van der Waals surface area contributed by atoms with Crippen LogP contribution < -0.4 is 4.74 Å². The molecule has 1 aromatic rings. The van der Waals surface area contributed by atoms with Gasteiger partial charge in [0.25, 0.3) is 0 Å². The van der Waals surface area contributed by atoms with E-state index in [-0.39, 0.29) is 29.4 Å². The van der Waals surface area contributed by atoms with E-state index in [2.05, 4.69) is 4.90 Å². The lowest BCUT2D eigenvalue weighted by atomic mass is 10.1. The number of phenols is 1. The van der Waals surface area contributed by atoms with Crippen molar-refractivity contribution in [2.24, 2.45) is 0 Å². The Morgan fingerprint density at radius 3 is 2.60 bits per heavy atom. The molecule has 0 atom stereocenters. The summed E-state index contributed by atoms with van der Waals surface area (Å²) >= 11 is 0. The molecule has 0 amide bonds. The molecule has 1 fully saturated rings. The average Bonchev–Trinajstić information content (AvgIpc) is 2.41. The minimum absolute atomic E-state index is 0.0430.